The molecule has 0 saturated heterocycles. The topological polar surface area (TPSA) is 88.7 Å². The second-order valence-corrected chi connectivity index (χ2v) is 6.45. The molecule has 0 aliphatic heterocycles. The maximum Gasteiger partial charge on any atom is 0.251 e. The Kier molecular flexibility index (Phi) is 9.51. The summed E-state index contributed by atoms with van der Waals surface area (Å²) in [5.41, 5.74) is 2.04. The Morgan fingerprint density at radius 1 is 0.931 bits per heavy atom. The third-order valence-electron chi connectivity index (χ3n) is 4.02. The first-order chi connectivity index (χ1) is 14.1. The van der Waals surface area contributed by atoms with E-state index in [4.69, 9.17) is 9.47 Å². The van der Waals surface area contributed by atoms with Crippen molar-refractivity contribution in [2.75, 3.05) is 44.0 Å². The van der Waals surface area contributed by atoms with Gasteiger partial charge in [0.15, 0.2) is 0 Å². The van der Waals surface area contributed by atoms with Crippen LogP contribution in [0.5, 0.6) is 5.75 Å². The van der Waals surface area contributed by atoms with Gasteiger partial charge in [0.1, 0.15) is 5.75 Å². The van der Waals surface area contributed by atoms with Crippen LogP contribution >= 0.6 is 0 Å². The highest BCUT2D eigenvalue weighted by Gasteiger charge is 2.06. The minimum atomic E-state index is -0.160. The zero-order valence-electron chi connectivity index (χ0n) is 17.0. The molecule has 0 atom stereocenters. The van der Waals surface area contributed by atoms with Crippen molar-refractivity contribution in [2.24, 2.45) is 0 Å². The number of methoxy groups -OCH3 is 1. The van der Waals surface area contributed by atoms with E-state index in [0.717, 1.165) is 24.3 Å². The summed E-state index contributed by atoms with van der Waals surface area (Å²) >= 11 is 0. The molecular weight excluding hydrogens is 370 g/mol. The Morgan fingerprint density at radius 3 is 2.28 bits per heavy atom. The molecule has 0 radical (unpaired) electrons. The van der Waals surface area contributed by atoms with E-state index in [1.165, 1.54) is 0 Å². The Morgan fingerprint density at radius 2 is 1.62 bits per heavy atom. The molecule has 0 fully saturated rings. The number of carbonyl (C=O) groups is 2. The summed E-state index contributed by atoms with van der Waals surface area (Å²) in [6.07, 6.45) is 1.72. The van der Waals surface area contributed by atoms with Crippen LogP contribution in [0.1, 0.15) is 30.1 Å². The summed E-state index contributed by atoms with van der Waals surface area (Å²) < 4.78 is 10.5. The number of rotatable bonds is 12. The van der Waals surface area contributed by atoms with Gasteiger partial charge < -0.3 is 25.4 Å². The van der Waals surface area contributed by atoms with Crippen molar-refractivity contribution >= 4 is 23.2 Å². The molecule has 0 heterocycles. The quantitative estimate of drug-likeness (QED) is 0.477. The number of amides is 2. The first kappa shape index (κ1) is 22.2. The molecular formula is C22H29N3O4. The van der Waals surface area contributed by atoms with E-state index in [1.807, 2.05) is 31.2 Å². The minimum absolute atomic E-state index is 0.122. The number of nitrogens with one attached hydrogen (secondary N) is 3. The summed E-state index contributed by atoms with van der Waals surface area (Å²) in [5.74, 6) is 0.495. The van der Waals surface area contributed by atoms with Crippen LogP contribution < -0.4 is 20.7 Å². The van der Waals surface area contributed by atoms with Crippen LogP contribution in [0.15, 0.2) is 48.5 Å². The van der Waals surface area contributed by atoms with Crippen molar-refractivity contribution in [3.63, 3.8) is 0 Å². The average Bonchev–Trinajstić information content (AvgIpc) is 2.75. The van der Waals surface area contributed by atoms with Crippen molar-refractivity contribution in [1.29, 1.82) is 0 Å². The van der Waals surface area contributed by atoms with Gasteiger partial charge >= 0.3 is 0 Å². The summed E-state index contributed by atoms with van der Waals surface area (Å²) in [5, 5.41) is 8.71. The number of anilines is 2. The van der Waals surface area contributed by atoms with Gasteiger partial charge in [0.05, 0.1) is 13.2 Å². The first-order valence-corrected chi connectivity index (χ1v) is 9.76. The van der Waals surface area contributed by atoms with Crippen LogP contribution in [-0.4, -0.2) is 45.2 Å². The van der Waals surface area contributed by atoms with Crippen molar-refractivity contribution < 1.29 is 19.1 Å². The molecule has 0 spiro atoms. The van der Waals surface area contributed by atoms with E-state index in [2.05, 4.69) is 16.0 Å². The van der Waals surface area contributed by atoms with E-state index in [1.54, 1.807) is 31.4 Å². The van der Waals surface area contributed by atoms with Gasteiger partial charge in [0.2, 0.25) is 5.91 Å². The summed E-state index contributed by atoms with van der Waals surface area (Å²) in [6, 6.07) is 14.3. The van der Waals surface area contributed by atoms with E-state index < -0.39 is 0 Å². The standard InChI is InChI=1S/C22H29N3O4/c1-3-14-29-20-11-9-19(10-12-20)25-21(26)16-24-18-7-5-17(6-8-18)22(27)23-13-4-15-28-2/h5-12,24H,3-4,13-16H2,1-2H3,(H,23,27)(H,25,26). The van der Waals surface area contributed by atoms with Gasteiger partial charge in [-0.15, -0.1) is 0 Å². The van der Waals surface area contributed by atoms with Gasteiger partial charge in [-0.25, -0.2) is 0 Å². The Labute approximate surface area is 171 Å². The van der Waals surface area contributed by atoms with Gasteiger partial charge in [-0.3, -0.25) is 9.59 Å². The fourth-order valence-corrected chi connectivity index (χ4v) is 2.50. The molecule has 0 bridgehead atoms. The monoisotopic (exact) mass is 399 g/mol. The third kappa shape index (κ3) is 8.23. The van der Waals surface area contributed by atoms with E-state index in [0.29, 0.717) is 31.0 Å². The van der Waals surface area contributed by atoms with Crippen molar-refractivity contribution in [3.05, 3.63) is 54.1 Å². The van der Waals surface area contributed by atoms with Gasteiger partial charge in [0, 0.05) is 37.2 Å². The highest BCUT2D eigenvalue weighted by atomic mass is 16.5. The lowest BCUT2D eigenvalue weighted by atomic mass is 10.2. The molecule has 156 valence electrons. The molecule has 2 aromatic rings. The minimum Gasteiger partial charge on any atom is -0.494 e. The van der Waals surface area contributed by atoms with Crippen LogP contribution in [0.25, 0.3) is 0 Å². The molecule has 0 unspecified atom stereocenters. The van der Waals surface area contributed by atoms with E-state index in [-0.39, 0.29) is 18.4 Å². The van der Waals surface area contributed by atoms with Crippen molar-refractivity contribution in [2.45, 2.75) is 19.8 Å². The molecule has 0 aliphatic carbocycles. The highest BCUT2D eigenvalue weighted by molar-refractivity contribution is 5.95. The second kappa shape index (κ2) is 12.4. The molecule has 0 saturated carbocycles. The normalized spacial score (nSPS) is 10.3. The van der Waals surface area contributed by atoms with Crippen LogP contribution in [0.4, 0.5) is 11.4 Å². The van der Waals surface area contributed by atoms with Crippen LogP contribution in [-0.2, 0) is 9.53 Å². The molecule has 7 nitrogen and oxygen atoms in total. The SMILES string of the molecule is CCCOc1ccc(NC(=O)CNc2ccc(C(=O)NCCCOC)cc2)cc1. The summed E-state index contributed by atoms with van der Waals surface area (Å²) in [4.78, 5) is 24.1. The fourth-order valence-electron chi connectivity index (χ4n) is 2.50. The molecule has 3 N–H and O–H groups in total. The molecule has 2 amide bonds. The van der Waals surface area contributed by atoms with Gasteiger partial charge in [-0.2, -0.15) is 0 Å². The second-order valence-electron chi connectivity index (χ2n) is 6.45. The number of hydrogen-bond donors (Lipinski definition) is 3. The predicted octanol–water partition coefficient (Wildman–Crippen LogP) is 3.29. The lowest BCUT2D eigenvalue weighted by Crippen LogP contribution is -2.25. The molecule has 2 rings (SSSR count). The van der Waals surface area contributed by atoms with Crippen molar-refractivity contribution in [3.8, 4) is 5.75 Å². The van der Waals surface area contributed by atoms with Crippen LogP contribution in [0.3, 0.4) is 0 Å². The number of ether oxygens (including phenoxy) is 2. The molecule has 2 aromatic carbocycles. The Hall–Kier alpha value is -3.06. The number of carbonyl (C=O) groups excluding carboxylic acids is 2. The molecule has 0 aliphatic rings. The predicted molar refractivity (Wildman–Crippen MR) is 115 cm³/mol. The van der Waals surface area contributed by atoms with Gasteiger partial charge in [-0.05, 0) is 61.4 Å². The lowest BCUT2D eigenvalue weighted by Gasteiger charge is -2.10. The molecule has 7 heteroatoms. The lowest BCUT2D eigenvalue weighted by molar-refractivity contribution is -0.114. The smallest absolute Gasteiger partial charge is 0.251 e. The Bertz CT molecular complexity index is 761. The number of benzene rings is 2. The maximum absolute atomic E-state index is 12.1. The van der Waals surface area contributed by atoms with Crippen LogP contribution in [0, 0.1) is 0 Å². The first-order valence-electron chi connectivity index (χ1n) is 9.76. The molecule has 29 heavy (non-hydrogen) atoms. The summed E-state index contributed by atoms with van der Waals surface area (Å²) in [7, 11) is 1.63. The van der Waals surface area contributed by atoms with Crippen LogP contribution in [0.2, 0.25) is 0 Å². The van der Waals surface area contributed by atoms with Crippen molar-refractivity contribution in [1.82, 2.24) is 5.32 Å². The number of hydrogen-bond acceptors (Lipinski definition) is 5. The highest BCUT2D eigenvalue weighted by Crippen LogP contribution is 2.16. The molecule has 0 aromatic heterocycles. The zero-order valence-corrected chi connectivity index (χ0v) is 17.0. The Balaban J connectivity index is 1.74. The van der Waals surface area contributed by atoms with Gasteiger partial charge in [0.25, 0.3) is 5.91 Å². The largest absolute Gasteiger partial charge is 0.494 e. The fraction of sp³-hybridized carbons (Fsp3) is 0.364. The average molecular weight is 399 g/mol. The zero-order chi connectivity index (χ0) is 20.9. The third-order valence-corrected chi connectivity index (χ3v) is 4.02. The summed E-state index contributed by atoms with van der Waals surface area (Å²) in [6.45, 7) is 4.02. The van der Waals surface area contributed by atoms with E-state index in [9.17, 15) is 9.59 Å². The van der Waals surface area contributed by atoms with Gasteiger partial charge in [-0.1, -0.05) is 6.92 Å². The van der Waals surface area contributed by atoms with E-state index >= 15 is 0 Å². The maximum atomic E-state index is 12.1.